The van der Waals surface area contributed by atoms with Gasteiger partial charge in [0.25, 0.3) is 0 Å². The Bertz CT molecular complexity index is 390. The van der Waals surface area contributed by atoms with Gasteiger partial charge < -0.3 is 19.5 Å². The summed E-state index contributed by atoms with van der Waals surface area (Å²) in [5.41, 5.74) is 0.960. The quantitative estimate of drug-likeness (QED) is 0.849. The molecule has 0 bridgehead atoms. The molecule has 0 saturated heterocycles. The molecule has 0 saturated carbocycles. The van der Waals surface area contributed by atoms with E-state index in [1.54, 1.807) is 7.11 Å². The summed E-state index contributed by atoms with van der Waals surface area (Å²) in [6.45, 7) is 5.95. The summed E-state index contributed by atoms with van der Waals surface area (Å²) >= 11 is 0. The van der Waals surface area contributed by atoms with Crippen molar-refractivity contribution in [2.45, 2.75) is 26.0 Å². The number of hydrogen-bond acceptors (Lipinski definition) is 4. The van der Waals surface area contributed by atoms with E-state index in [1.807, 2.05) is 18.2 Å². The Morgan fingerprint density at radius 1 is 1.35 bits per heavy atom. The fourth-order valence-electron chi connectivity index (χ4n) is 1.70. The maximum absolute atomic E-state index is 5.45. The Labute approximate surface area is 102 Å². The molecule has 1 aromatic rings. The molecule has 1 heterocycles. The summed E-state index contributed by atoms with van der Waals surface area (Å²) in [5, 5.41) is 3.36. The van der Waals surface area contributed by atoms with Gasteiger partial charge in [-0.2, -0.15) is 0 Å². The molecule has 1 aromatic carbocycles. The average Bonchev–Trinajstić information content (AvgIpc) is 2.78. The Morgan fingerprint density at radius 3 is 2.94 bits per heavy atom. The van der Waals surface area contributed by atoms with E-state index < -0.39 is 0 Å². The van der Waals surface area contributed by atoms with Gasteiger partial charge in [0.05, 0.1) is 5.60 Å². The van der Waals surface area contributed by atoms with Crippen LogP contribution >= 0.6 is 0 Å². The average molecular weight is 237 g/mol. The fraction of sp³-hybridized carbons (Fsp3) is 0.538. The highest BCUT2D eigenvalue weighted by atomic mass is 16.7. The lowest BCUT2D eigenvalue weighted by Gasteiger charge is -2.23. The van der Waals surface area contributed by atoms with Crippen LogP contribution in [0.15, 0.2) is 18.2 Å². The molecule has 0 amide bonds. The minimum atomic E-state index is -0.157. The van der Waals surface area contributed by atoms with Crippen LogP contribution in [0.3, 0.4) is 0 Å². The summed E-state index contributed by atoms with van der Waals surface area (Å²) in [6, 6.07) is 5.94. The topological polar surface area (TPSA) is 39.7 Å². The van der Waals surface area contributed by atoms with Gasteiger partial charge in [0.15, 0.2) is 11.5 Å². The van der Waals surface area contributed by atoms with Crippen LogP contribution in [-0.4, -0.2) is 26.0 Å². The van der Waals surface area contributed by atoms with Gasteiger partial charge in [-0.1, -0.05) is 12.1 Å². The first kappa shape index (κ1) is 12.2. The van der Waals surface area contributed by atoms with Crippen molar-refractivity contribution < 1.29 is 14.2 Å². The zero-order chi connectivity index (χ0) is 12.3. The second-order valence-corrected chi connectivity index (χ2v) is 4.72. The van der Waals surface area contributed by atoms with E-state index in [0.29, 0.717) is 6.79 Å². The number of methoxy groups -OCH3 is 1. The third kappa shape index (κ3) is 2.90. The van der Waals surface area contributed by atoms with Crippen molar-refractivity contribution in [1.82, 2.24) is 5.32 Å². The SMILES string of the molecule is COC(C)(C)CNCc1cccc2c1OCO2. The molecule has 17 heavy (non-hydrogen) atoms. The first-order valence-corrected chi connectivity index (χ1v) is 5.76. The molecule has 4 heteroatoms. The number of benzene rings is 1. The Morgan fingerprint density at radius 2 is 2.18 bits per heavy atom. The lowest BCUT2D eigenvalue weighted by atomic mass is 10.1. The van der Waals surface area contributed by atoms with E-state index in [9.17, 15) is 0 Å². The molecule has 4 nitrogen and oxygen atoms in total. The van der Waals surface area contributed by atoms with Crippen molar-refractivity contribution in [3.05, 3.63) is 23.8 Å². The van der Waals surface area contributed by atoms with Crippen LogP contribution < -0.4 is 14.8 Å². The summed E-state index contributed by atoms with van der Waals surface area (Å²) in [5.74, 6) is 1.69. The van der Waals surface area contributed by atoms with Crippen LogP contribution in [0, 0.1) is 0 Å². The molecule has 2 rings (SSSR count). The van der Waals surface area contributed by atoms with E-state index in [4.69, 9.17) is 14.2 Å². The fourth-order valence-corrected chi connectivity index (χ4v) is 1.70. The highest BCUT2D eigenvalue weighted by Gasteiger charge is 2.19. The van der Waals surface area contributed by atoms with E-state index in [1.165, 1.54) is 0 Å². The molecule has 0 fully saturated rings. The Kier molecular flexibility index (Phi) is 3.54. The molecule has 0 spiro atoms. The second kappa shape index (κ2) is 4.94. The van der Waals surface area contributed by atoms with Crippen molar-refractivity contribution in [3.63, 3.8) is 0 Å². The molecule has 0 radical (unpaired) electrons. The van der Waals surface area contributed by atoms with Gasteiger partial charge in [0.1, 0.15) is 0 Å². The third-order valence-corrected chi connectivity index (χ3v) is 2.90. The van der Waals surface area contributed by atoms with Gasteiger partial charge in [-0.3, -0.25) is 0 Å². The van der Waals surface area contributed by atoms with Crippen LogP contribution in [0.4, 0.5) is 0 Å². The minimum absolute atomic E-state index is 0.157. The van der Waals surface area contributed by atoms with Crippen LogP contribution in [-0.2, 0) is 11.3 Å². The van der Waals surface area contributed by atoms with Gasteiger partial charge >= 0.3 is 0 Å². The Hall–Kier alpha value is -1.26. The van der Waals surface area contributed by atoms with Crippen molar-refractivity contribution in [2.24, 2.45) is 0 Å². The zero-order valence-electron chi connectivity index (χ0n) is 10.6. The molecule has 0 aromatic heterocycles. The summed E-state index contributed by atoms with van der Waals surface area (Å²) in [7, 11) is 1.72. The first-order valence-electron chi connectivity index (χ1n) is 5.76. The van der Waals surface area contributed by atoms with Gasteiger partial charge in [-0.25, -0.2) is 0 Å². The van der Waals surface area contributed by atoms with Crippen molar-refractivity contribution in [2.75, 3.05) is 20.4 Å². The standard InChI is InChI=1S/C13H19NO3/c1-13(2,15-3)8-14-7-10-5-4-6-11-12(10)17-9-16-11/h4-6,14H,7-9H2,1-3H3. The van der Waals surface area contributed by atoms with Crippen LogP contribution in [0.5, 0.6) is 11.5 Å². The van der Waals surface area contributed by atoms with Crippen LogP contribution in [0.1, 0.15) is 19.4 Å². The second-order valence-electron chi connectivity index (χ2n) is 4.72. The normalized spacial score (nSPS) is 14.1. The third-order valence-electron chi connectivity index (χ3n) is 2.90. The number of rotatable bonds is 5. The number of fused-ring (bicyclic) bond motifs is 1. The maximum Gasteiger partial charge on any atom is 0.231 e. The molecule has 1 aliphatic heterocycles. The van der Waals surface area contributed by atoms with E-state index in [0.717, 1.165) is 30.2 Å². The molecule has 0 atom stereocenters. The molecule has 1 N–H and O–H groups in total. The number of ether oxygens (including phenoxy) is 3. The predicted molar refractivity (Wildman–Crippen MR) is 65.4 cm³/mol. The first-order chi connectivity index (χ1) is 8.12. The molecular formula is C13H19NO3. The lowest BCUT2D eigenvalue weighted by Crippen LogP contribution is -2.36. The largest absolute Gasteiger partial charge is 0.454 e. The zero-order valence-corrected chi connectivity index (χ0v) is 10.6. The summed E-state index contributed by atoms with van der Waals surface area (Å²) in [6.07, 6.45) is 0. The van der Waals surface area contributed by atoms with Crippen LogP contribution in [0.2, 0.25) is 0 Å². The smallest absolute Gasteiger partial charge is 0.231 e. The molecular weight excluding hydrogens is 218 g/mol. The van der Waals surface area contributed by atoms with Crippen molar-refractivity contribution in [1.29, 1.82) is 0 Å². The summed E-state index contributed by atoms with van der Waals surface area (Å²) in [4.78, 5) is 0. The molecule has 0 aliphatic carbocycles. The van der Waals surface area contributed by atoms with E-state index >= 15 is 0 Å². The van der Waals surface area contributed by atoms with E-state index in [2.05, 4.69) is 19.2 Å². The van der Waals surface area contributed by atoms with Gasteiger partial charge in [0.2, 0.25) is 6.79 Å². The highest BCUT2D eigenvalue weighted by molar-refractivity contribution is 5.48. The molecule has 1 aliphatic rings. The highest BCUT2D eigenvalue weighted by Crippen LogP contribution is 2.35. The van der Waals surface area contributed by atoms with E-state index in [-0.39, 0.29) is 5.60 Å². The van der Waals surface area contributed by atoms with Crippen LogP contribution in [0.25, 0.3) is 0 Å². The van der Waals surface area contributed by atoms with Gasteiger partial charge in [-0.15, -0.1) is 0 Å². The lowest BCUT2D eigenvalue weighted by molar-refractivity contribution is 0.0230. The predicted octanol–water partition coefficient (Wildman–Crippen LogP) is 1.93. The van der Waals surface area contributed by atoms with Crippen molar-refractivity contribution >= 4 is 0 Å². The van der Waals surface area contributed by atoms with Crippen molar-refractivity contribution in [3.8, 4) is 11.5 Å². The maximum atomic E-state index is 5.45. The Balaban J connectivity index is 1.94. The van der Waals surface area contributed by atoms with Gasteiger partial charge in [-0.05, 0) is 19.9 Å². The monoisotopic (exact) mass is 237 g/mol. The molecule has 94 valence electrons. The minimum Gasteiger partial charge on any atom is -0.454 e. The number of hydrogen-bond donors (Lipinski definition) is 1. The number of para-hydroxylation sites is 1. The molecule has 0 unspecified atom stereocenters. The van der Waals surface area contributed by atoms with Gasteiger partial charge in [0, 0.05) is 25.8 Å². The summed E-state index contributed by atoms with van der Waals surface area (Å²) < 4.78 is 16.1. The number of nitrogens with one attached hydrogen (secondary N) is 1.